The van der Waals surface area contributed by atoms with Crippen LogP contribution in [0.15, 0.2) is 24.3 Å². The number of benzene rings is 1. The largest absolute Gasteiger partial charge is 0.481 e. The Bertz CT molecular complexity index is 519. The van der Waals surface area contributed by atoms with Gasteiger partial charge in [0.15, 0.2) is 6.10 Å². The highest BCUT2D eigenvalue weighted by molar-refractivity contribution is 5.85. The second-order valence-corrected chi connectivity index (χ2v) is 6.72. The van der Waals surface area contributed by atoms with Gasteiger partial charge in [0.1, 0.15) is 5.75 Å². The summed E-state index contributed by atoms with van der Waals surface area (Å²) in [6, 6.07) is 7.92. The Hall–Kier alpha value is -1.26. The lowest BCUT2D eigenvalue weighted by Crippen LogP contribution is -2.56. The first-order chi connectivity index (χ1) is 9.79. The number of nitrogens with zero attached hydrogens (tertiary/aromatic N) is 1. The smallest absolute Gasteiger partial charge is 0.263 e. The summed E-state index contributed by atoms with van der Waals surface area (Å²) in [5.41, 5.74) is 7.20. The van der Waals surface area contributed by atoms with Gasteiger partial charge in [-0.1, -0.05) is 26.0 Å². The van der Waals surface area contributed by atoms with E-state index in [4.69, 9.17) is 10.5 Å². The van der Waals surface area contributed by atoms with Crippen molar-refractivity contribution in [2.75, 3.05) is 13.1 Å². The van der Waals surface area contributed by atoms with Gasteiger partial charge in [-0.3, -0.25) is 4.79 Å². The molecular formula is C17H27ClN2O2. The third kappa shape index (κ3) is 4.37. The Morgan fingerprint density at radius 3 is 2.73 bits per heavy atom. The quantitative estimate of drug-likeness (QED) is 0.929. The molecule has 1 heterocycles. The monoisotopic (exact) mass is 326 g/mol. The van der Waals surface area contributed by atoms with Crippen molar-refractivity contribution in [3.05, 3.63) is 29.8 Å². The van der Waals surface area contributed by atoms with E-state index >= 15 is 0 Å². The highest BCUT2D eigenvalue weighted by Gasteiger charge is 2.36. The summed E-state index contributed by atoms with van der Waals surface area (Å²) >= 11 is 0. The molecule has 5 heteroatoms. The van der Waals surface area contributed by atoms with Gasteiger partial charge in [0, 0.05) is 19.1 Å². The molecule has 4 nitrogen and oxygen atoms in total. The number of carbonyl (C=O) groups excluding carboxylic acids is 1. The molecule has 0 radical (unpaired) electrons. The number of carbonyl (C=O) groups is 1. The Balaban J connectivity index is 0.00000242. The SMILES string of the molecule is Cc1cccc(OC(C)C(=O)N2CCC(N)C(C)(C)C2)c1.Cl. The van der Waals surface area contributed by atoms with Crippen molar-refractivity contribution in [1.82, 2.24) is 4.90 Å². The first kappa shape index (κ1) is 18.8. The minimum Gasteiger partial charge on any atom is -0.481 e. The normalized spacial score (nSPS) is 21.7. The molecule has 2 unspecified atom stereocenters. The lowest BCUT2D eigenvalue weighted by Gasteiger charge is -2.43. The van der Waals surface area contributed by atoms with Gasteiger partial charge in [0.05, 0.1) is 0 Å². The molecule has 0 aromatic heterocycles. The third-order valence-electron chi connectivity index (χ3n) is 4.27. The number of nitrogens with two attached hydrogens (primary N) is 1. The number of hydrogen-bond acceptors (Lipinski definition) is 3. The van der Waals surface area contributed by atoms with Crippen LogP contribution in [0.5, 0.6) is 5.75 Å². The zero-order valence-corrected chi connectivity index (χ0v) is 14.7. The molecule has 0 spiro atoms. The van der Waals surface area contributed by atoms with Crippen LogP contribution in [0.1, 0.15) is 32.8 Å². The second-order valence-electron chi connectivity index (χ2n) is 6.72. The van der Waals surface area contributed by atoms with Crippen molar-refractivity contribution >= 4 is 18.3 Å². The summed E-state index contributed by atoms with van der Waals surface area (Å²) in [7, 11) is 0. The van der Waals surface area contributed by atoms with E-state index in [1.54, 1.807) is 0 Å². The summed E-state index contributed by atoms with van der Waals surface area (Å²) in [4.78, 5) is 14.4. The van der Waals surface area contributed by atoms with Crippen LogP contribution in [0.3, 0.4) is 0 Å². The van der Waals surface area contributed by atoms with Gasteiger partial charge in [-0.25, -0.2) is 0 Å². The number of halogens is 1. The molecule has 1 amide bonds. The fourth-order valence-electron chi connectivity index (χ4n) is 2.76. The van der Waals surface area contributed by atoms with Gasteiger partial charge in [-0.2, -0.15) is 0 Å². The van der Waals surface area contributed by atoms with Crippen molar-refractivity contribution < 1.29 is 9.53 Å². The molecular weight excluding hydrogens is 300 g/mol. The molecule has 2 atom stereocenters. The van der Waals surface area contributed by atoms with Crippen LogP contribution in [0.25, 0.3) is 0 Å². The number of amides is 1. The summed E-state index contributed by atoms with van der Waals surface area (Å²) < 4.78 is 5.78. The zero-order valence-electron chi connectivity index (χ0n) is 13.8. The second kappa shape index (κ2) is 7.34. The number of piperidine rings is 1. The topological polar surface area (TPSA) is 55.6 Å². The van der Waals surface area contributed by atoms with Gasteiger partial charge in [-0.05, 0) is 43.4 Å². The predicted molar refractivity (Wildman–Crippen MR) is 91.5 cm³/mol. The average molecular weight is 327 g/mol. The summed E-state index contributed by atoms with van der Waals surface area (Å²) in [5, 5.41) is 0. The summed E-state index contributed by atoms with van der Waals surface area (Å²) in [5.74, 6) is 0.778. The minimum atomic E-state index is -0.475. The first-order valence-corrected chi connectivity index (χ1v) is 7.57. The van der Waals surface area contributed by atoms with Crippen LogP contribution >= 0.6 is 12.4 Å². The van der Waals surface area contributed by atoms with Crippen LogP contribution in [0, 0.1) is 12.3 Å². The van der Waals surface area contributed by atoms with E-state index in [1.165, 1.54) is 0 Å². The molecule has 1 aliphatic rings. The van der Waals surface area contributed by atoms with Gasteiger partial charge in [0.25, 0.3) is 5.91 Å². The van der Waals surface area contributed by atoms with Gasteiger partial charge in [0.2, 0.25) is 0 Å². The van der Waals surface area contributed by atoms with Gasteiger partial charge < -0.3 is 15.4 Å². The van der Waals surface area contributed by atoms with E-state index in [2.05, 4.69) is 13.8 Å². The molecule has 2 N–H and O–H groups in total. The lowest BCUT2D eigenvalue weighted by atomic mass is 9.79. The van der Waals surface area contributed by atoms with E-state index in [9.17, 15) is 4.79 Å². The van der Waals surface area contributed by atoms with E-state index in [1.807, 2.05) is 43.0 Å². The molecule has 22 heavy (non-hydrogen) atoms. The van der Waals surface area contributed by atoms with Crippen LogP contribution in [-0.4, -0.2) is 36.0 Å². The third-order valence-corrected chi connectivity index (χ3v) is 4.27. The van der Waals surface area contributed by atoms with E-state index in [0.29, 0.717) is 13.1 Å². The van der Waals surface area contributed by atoms with Crippen LogP contribution < -0.4 is 10.5 Å². The highest BCUT2D eigenvalue weighted by Crippen LogP contribution is 2.28. The van der Waals surface area contributed by atoms with Crippen molar-refractivity contribution in [2.24, 2.45) is 11.1 Å². The zero-order chi connectivity index (χ0) is 15.6. The number of aryl methyl sites for hydroxylation is 1. The molecule has 1 aromatic carbocycles. The fraction of sp³-hybridized carbons (Fsp3) is 0.588. The molecule has 0 bridgehead atoms. The minimum absolute atomic E-state index is 0. The van der Waals surface area contributed by atoms with Crippen LogP contribution in [0.2, 0.25) is 0 Å². The number of likely N-dealkylation sites (tertiary alicyclic amines) is 1. The summed E-state index contributed by atoms with van der Waals surface area (Å²) in [6.07, 6.45) is 0.368. The molecule has 0 aliphatic carbocycles. The van der Waals surface area contributed by atoms with Crippen molar-refractivity contribution in [2.45, 2.75) is 46.3 Å². The lowest BCUT2D eigenvalue weighted by molar-refractivity contribution is -0.141. The molecule has 1 saturated heterocycles. The Morgan fingerprint density at radius 1 is 1.45 bits per heavy atom. The standard InChI is InChI=1S/C17H26N2O2.ClH/c1-12-6-5-7-14(10-12)21-13(2)16(20)19-9-8-15(18)17(3,4)11-19;/h5-7,10,13,15H,8-9,11,18H2,1-4H3;1H. The van der Waals surface area contributed by atoms with Crippen LogP contribution in [0.4, 0.5) is 0 Å². The van der Waals surface area contributed by atoms with Gasteiger partial charge >= 0.3 is 0 Å². The average Bonchev–Trinajstić information content (AvgIpc) is 2.41. The summed E-state index contributed by atoms with van der Waals surface area (Å²) in [6.45, 7) is 9.45. The molecule has 1 aromatic rings. The first-order valence-electron chi connectivity index (χ1n) is 7.57. The molecule has 0 saturated carbocycles. The molecule has 124 valence electrons. The van der Waals surface area contributed by atoms with Gasteiger partial charge in [-0.15, -0.1) is 12.4 Å². The maximum atomic E-state index is 12.5. The Labute approximate surface area is 139 Å². The molecule has 2 rings (SSSR count). The van der Waals surface area contributed by atoms with Crippen LogP contribution in [-0.2, 0) is 4.79 Å². The van der Waals surface area contributed by atoms with Crippen molar-refractivity contribution in [1.29, 1.82) is 0 Å². The Morgan fingerprint density at radius 2 is 2.14 bits per heavy atom. The van der Waals surface area contributed by atoms with E-state index < -0.39 is 6.10 Å². The van der Waals surface area contributed by atoms with E-state index in [-0.39, 0.29) is 29.8 Å². The molecule has 1 aliphatic heterocycles. The highest BCUT2D eigenvalue weighted by atomic mass is 35.5. The number of rotatable bonds is 3. The maximum absolute atomic E-state index is 12.5. The van der Waals surface area contributed by atoms with E-state index in [0.717, 1.165) is 17.7 Å². The van der Waals surface area contributed by atoms with Crippen molar-refractivity contribution in [3.63, 3.8) is 0 Å². The number of hydrogen-bond donors (Lipinski definition) is 1. The fourth-order valence-corrected chi connectivity index (χ4v) is 2.76. The predicted octanol–water partition coefficient (Wildman–Crippen LogP) is 2.77. The molecule has 1 fully saturated rings. The van der Waals surface area contributed by atoms with Crippen molar-refractivity contribution in [3.8, 4) is 5.75 Å². The Kier molecular flexibility index (Phi) is 6.27. The maximum Gasteiger partial charge on any atom is 0.263 e. The number of ether oxygens (including phenoxy) is 1.